The molecule has 0 saturated carbocycles. The van der Waals surface area contributed by atoms with E-state index in [0.717, 1.165) is 8.87 Å². The molecule has 0 aliphatic rings. The number of carbonyl (C=O) groups excluding carboxylic acids is 1. The summed E-state index contributed by atoms with van der Waals surface area (Å²) in [5, 5.41) is 2.63. The Morgan fingerprint density at radius 1 is 0.971 bits per heavy atom. The van der Waals surface area contributed by atoms with Crippen LogP contribution < -0.4 is 5.32 Å². The Labute approximate surface area is 202 Å². The zero-order chi connectivity index (χ0) is 25.0. The molecule has 1 atom stereocenters. The van der Waals surface area contributed by atoms with Gasteiger partial charge in [-0.3, -0.25) is 9.36 Å². The smallest absolute Gasteiger partial charge is 0.320 e. The number of halogens is 2. The van der Waals surface area contributed by atoms with Crippen LogP contribution in [0, 0.1) is 0 Å². The summed E-state index contributed by atoms with van der Waals surface area (Å²) in [5.74, 6) is -0.657. The van der Waals surface area contributed by atoms with Crippen LogP contribution in [0.5, 0.6) is 0 Å². The molecule has 4 aromatic rings. The molecule has 1 aromatic heterocycles. The van der Waals surface area contributed by atoms with Crippen molar-refractivity contribution in [3.63, 3.8) is 0 Å². The van der Waals surface area contributed by atoms with Gasteiger partial charge < -0.3 is 5.32 Å². The minimum atomic E-state index is -4.01. The zero-order valence-electron chi connectivity index (χ0n) is 18.9. The minimum absolute atomic E-state index is 0.0184. The van der Waals surface area contributed by atoms with Crippen molar-refractivity contribution >= 4 is 27.0 Å². The molecule has 35 heavy (non-hydrogen) atoms. The maximum atomic E-state index is 13.8. The van der Waals surface area contributed by atoms with Crippen LogP contribution in [0.1, 0.15) is 30.9 Å². The molecule has 1 N–H and O–H groups in total. The van der Waals surface area contributed by atoms with Gasteiger partial charge in [0.2, 0.25) is 15.9 Å². The normalized spacial score (nSPS) is 12.8. The van der Waals surface area contributed by atoms with Gasteiger partial charge in [0.05, 0.1) is 28.5 Å². The number of amides is 1. The quantitative estimate of drug-likeness (QED) is 0.368. The molecule has 4 rings (SSSR count). The number of imidazole rings is 1. The van der Waals surface area contributed by atoms with E-state index >= 15 is 0 Å². The molecular formula is C25H24F2N4O3S. The Morgan fingerprint density at radius 2 is 1.57 bits per heavy atom. The van der Waals surface area contributed by atoms with Crippen molar-refractivity contribution in [1.82, 2.24) is 19.2 Å². The van der Waals surface area contributed by atoms with Gasteiger partial charge in [-0.2, -0.15) is 13.1 Å². The van der Waals surface area contributed by atoms with E-state index in [-0.39, 0.29) is 22.8 Å². The van der Waals surface area contributed by atoms with E-state index < -0.39 is 35.1 Å². The highest BCUT2D eigenvalue weighted by Crippen LogP contribution is 2.26. The fourth-order valence-corrected chi connectivity index (χ4v) is 5.25. The predicted octanol–water partition coefficient (Wildman–Crippen LogP) is 4.50. The van der Waals surface area contributed by atoms with Crippen LogP contribution in [0.2, 0.25) is 0 Å². The summed E-state index contributed by atoms with van der Waals surface area (Å²) in [6, 6.07) is 22.3. The lowest BCUT2D eigenvalue weighted by Crippen LogP contribution is -2.41. The number of aromatic nitrogens is 2. The second-order valence-electron chi connectivity index (χ2n) is 7.97. The lowest BCUT2D eigenvalue weighted by molar-refractivity contribution is -0.122. The SMILES string of the molecule is CC(NC(=O)CN(Cc1ccccc1)S(=O)(=O)c1ccccc1)c1nc2ccccc2n1C(F)F. The van der Waals surface area contributed by atoms with Crippen LogP contribution in [-0.2, 0) is 21.4 Å². The summed E-state index contributed by atoms with van der Waals surface area (Å²) in [4.78, 5) is 17.3. The number of alkyl halides is 2. The highest BCUT2D eigenvalue weighted by atomic mass is 32.2. The van der Waals surface area contributed by atoms with E-state index in [1.807, 2.05) is 6.07 Å². The van der Waals surface area contributed by atoms with Crippen molar-refractivity contribution in [2.24, 2.45) is 0 Å². The number of rotatable bonds is 9. The number of carbonyl (C=O) groups is 1. The molecule has 0 fully saturated rings. The predicted molar refractivity (Wildman–Crippen MR) is 128 cm³/mol. The van der Waals surface area contributed by atoms with Crippen molar-refractivity contribution in [2.75, 3.05) is 6.54 Å². The van der Waals surface area contributed by atoms with Crippen LogP contribution in [0.4, 0.5) is 8.78 Å². The number of fused-ring (bicyclic) bond motifs is 1. The van der Waals surface area contributed by atoms with E-state index in [9.17, 15) is 22.0 Å². The van der Waals surface area contributed by atoms with E-state index in [4.69, 9.17) is 0 Å². The van der Waals surface area contributed by atoms with Crippen molar-refractivity contribution in [1.29, 1.82) is 0 Å². The highest BCUT2D eigenvalue weighted by molar-refractivity contribution is 7.89. The fraction of sp³-hybridized carbons (Fsp3) is 0.200. The van der Waals surface area contributed by atoms with Gasteiger partial charge in [-0.1, -0.05) is 60.7 Å². The Morgan fingerprint density at radius 3 is 2.23 bits per heavy atom. The molecule has 0 spiro atoms. The van der Waals surface area contributed by atoms with Gasteiger partial charge in [-0.05, 0) is 36.8 Å². The highest BCUT2D eigenvalue weighted by Gasteiger charge is 2.28. The molecule has 7 nitrogen and oxygen atoms in total. The van der Waals surface area contributed by atoms with Gasteiger partial charge in [0.1, 0.15) is 5.82 Å². The molecule has 1 unspecified atom stereocenters. The molecule has 10 heteroatoms. The lowest BCUT2D eigenvalue weighted by Gasteiger charge is -2.23. The van der Waals surface area contributed by atoms with E-state index in [1.54, 1.807) is 60.7 Å². The summed E-state index contributed by atoms with van der Waals surface area (Å²) in [5.41, 5.74) is 1.32. The number of nitrogens with zero attached hydrogens (tertiary/aromatic N) is 3. The van der Waals surface area contributed by atoms with Crippen LogP contribution in [-0.4, -0.2) is 34.7 Å². The Hall–Kier alpha value is -3.63. The standard InChI is InChI=1S/C25H24F2N4O3S/c1-18(24-29-21-14-8-9-15-22(21)31(24)25(26)27)28-23(32)17-30(16-19-10-4-2-5-11-19)35(33,34)20-12-6-3-7-13-20/h2-15,18,25H,16-17H2,1H3,(H,28,32). The first-order valence-corrected chi connectivity index (χ1v) is 12.3. The lowest BCUT2D eigenvalue weighted by atomic mass is 10.2. The third-order valence-electron chi connectivity index (χ3n) is 5.49. The molecule has 1 amide bonds. The number of nitrogens with one attached hydrogen (secondary N) is 1. The fourth-order valence-electron chi connectivity index (χ4n) is 3.84. The maximum Gasteiger partial charge on any atom is 0.320 e. The summed E-state index contributed by atoms with van der Waals surface area (Å²) in [7, 11) is -4.01. The van der Waals surface area contributed by atoms with Gasteiger partial charge in [-0.15, -0.1) is 0 Å². The van der Waals surface area contributed by atoms with Gasteiger partial charge in [0.25, 0.3) is 0 Å². The van der Waals surface area contributed by atoms with Crippen molar-refractivity contribution in [2.45, 2.75) is 31.0 Å². The molecule has 1 heterocycles. The topological polar surface area (TPSA) is 84.3 Å². The first-order valence-electron chi connectivity index (χ1n) is 10.9. The number of hydrogen-bond donors (Lipinski definition) is 1. The zero-order valence-corrected chi connectivity index (χ0v) is 19.7. The number of benzene rings is 3. The number of hydrogen-bond acceptors (Lipinski definition) is 4. The molecule has 0 aliphatic carbocycles. The molecule has 3 aromatic carbocycles. The molecule has 0 radical (unpaired) electrons. The van der Waals surface area contributed by atoms with Crippen molar-refractivity contribution < 1.29 is 22.0 Å². The largest absolute Gasteiger partial charge is 0.345 e. The van der Waals surface area contributed by atoms with Crippen LogP contribution in [0.3, 0.4) is 0 Å². The minimum Gasteiger partial charge on any atom is -0.345 e. The third kappa shape index (κ3) is 5.39. The second kappa shape index (κ2) is 10.3. The van der Waals surface area contributed by atoms with Crippen LogP contribution in [0.15, 0.2) is 89.8 Å². The van der Waals surface area contributed by atoms with E-state index in [1.165, 1.54) is 25.1 Å². The molecular weight excluding hydrogens is 474 g/mol. The van der Waals surface area contributed by atoms with E-state index in [2.05, 4.69) is 10.3 Å². The van der Waals surface area contributed by atoms with E-state index in [0.29, 0.717) is 11.1 Å². The van der Waals surface area contributed by atoms with Gasteiger partial charge >= 0.3 is 6.55 Å². The Bertz CT molecular complexity index is 1410. The Balaban J connectivity index is 1.59. The second-order valence-corrected chi connectivity index (χ2v) is 9.91. The van der Waals surface area contributed by atoms with Crippen molar-refractivity contribution in [3.05, 3.63) is 96.3 Å². The van der Waals surface area contributed by atoms with Crippen LogP contribution in [0.25, 0.3) is 11.0 Å². The summed E-state index contributed by atoms with van der Waals surface area (Å²) in [6.07, 6.45) is 0. The van der Waals surface area contributed by atoms with Gasteiger partial charge in [0.15, 0.2) is 0 Å². The molecule has 182 valence electrons. The van der Waals surface area contributed by atoms with Gasteiger partial charge in [0, 0.05) is 6.54 Å². The first kappa shape index (κ1) is 24.5. The first-order chi connectivity index (χ1) is 16.8. The number of para-hydroxylation sites is 2. The van der Waals surface area contributed by atoms with Gasteiger partial charge in [-0.25, -0.2) is 13.4 Å². The molecule has 0 aliphatic heterocycles. The summed E-state index contributed by atoms with van der Waals surface area (Å²) in [6.45, 7) is -1.85. The molecule has 0 saturated heterocycles. The summed E-state index contributed by atoms with van der Waals surface area (Å²) < 4.78 is 56.1. The molecule has 0 bridgehead atoms. The third-order valence-corrected chi connectivity index (χ3v) is 7.29. The average Bonchev–Trinajstić information content (AvgIpc) is 3.25. The van der Waals surface area contributed by atoms with Crippen molar-refractivity contribution in [3.8, 4) is 0 Å². The number of sulfonamides is 1. The van der Waals surface area contributed by atoms with Crippen LogP contribution >= 0.6 is 0 Å². The Kier molecular flexibility index (Phi) is 7.23. The average molecular weight is 499 g/mol. The summed E-state index contributed by atoms with van der Waals surface area (Å²) >= 11 is 0. The maximum absolute atomic E-state index is 13.8. The monoisotopic (exact) mass is 498 g/mol.